The number of amides is 1. The number of furan rings is 1. The molecule has 2 aromatic rings. The topological polar surface area (TPSA) is 71.3 Å². The van der Waals surface area contributed by atoms with E-state index in [0.717, 1.165) is 18.9 Å². The van der Waals surface area contributed by atoms with Crippen molar-refractivity contribution >= 4 is 17.8 Å². The van der Waals surface area contributed by atoms with Gasteiger partial charge in [-0.25, -0.2) is 9.97 Å². The summed E-state index contributed by atoms with van der Waals surface area (Å²) >= 11 is 0. The molecule has 3 heterocycles. The number of nitrogens with one attached hydrogen (secondary N) is 1. The Morgan fingerprint density at radius 2 is 2.23 bits per heavy atom. The number of hydrogen-bond donors (Lipinski definition) is 1. The van der Waals surface area contributed by atoms with E-state index in [4.69, 9.17) is 4.42 Å². The highest BCUT2D eigenvalue weighted by Crippen LogP contribution is 2.16. The lowest BCUT2D eigenvalue weighted by Crippen LogP contribution is -2.23. The summed E-state index contributed by atoms with van der Waals surface area (Å²) in [5, 5.41) is 2.77. The summed E-state index contributed by atoms with van der Waals surface area (Å²) in [6, 6.07) is 5.47. The molecule has 6 heteroatoms. The van der Waals surface area contributed by atoms with Gasteiger partial charge >= 0.3 is 0 Å². The van der Waals surface area contributed by atoms with Crippen molar-refractivity contribution in [1.82, 2.24) is 15.3 Å². The fraction of sp³-hybridized carbons (Fsp3) is 0.312. The van der Waals surface area contributed by atoms with Crippen molar-refractivity contribution in [3.05, 3.63) is 48.3 Å². The molecule has 1 N–H and O–H groups in total. The SMILES string of the molecule is O=C(C=Cc1ccco1)NCc1nccc(N2CCCC2)n1. The van der Waals surface area contributed by atoms with Gasteiger partial charge in [0.1, 0.15) is 17.4 Å². The summed E-state index contributed by atoms with van der Waals surface area (Å²) in [6.45, 7) is 2.38. The number of rotatable bonds is 5. The van der Waals surface area contributed by atoms with Crippen LogP contribution < -0.4 is 10.2 Å². The highest BCUT2D eigenvalue weighted by atomic mass is 16.3. The lowest BCUT2D eigenvalue weighted by atomic mass is 10.4. The van der Waals surface area contributed by atoms with Crippen LogP contribution in [-0.4, -0.2) is 29.0 Å². The van der Waals surface area contributed by atoms with Crippen molar-refractivity contribution in [1.29, 1.82) is 0 Å². The quantitative estimate of drug-likeness (QED) is 0.855. The predicted molar refractivity (Wildman–Crippen MR) is 83.1 cm³/mol. The van der Waals surface area contributed by atoms with E-state index in [2.05, 4.69) is 20.2 Å². The second kappa shape index (κ2) is 6.89. The lowest BCUT2D eigenvalue weighted by Gasteiger charge is -2.16. The maximum atomic E-state index is 11.7. The van der Waals surface area contributed by atoms with E-state index >= 15 is 0 Å². The van der Waals surface area contributed by atoms with Crippen molar-refractivity contribution in [2.45, 2.75) is 19.4 Å². The Labute approximate surface area is 128 Å². The molecular formula is C16H18N4O2. The first-order chi connectivity index (χ1) is 10.8. The van der Waals surface area contributed by atoms with Gasteiger partial charge in [0.25, 0.3) is 0 Å². The largest absolute Gasteiger partial charge is 0.465 e. The Hall–Kier alpha value is -2.63. The molecule has 1 saturated heterocycles. The van der Waals surface area contributed by atoms with Crippen LogP contribution in [-0.2, 0) is 11.3 Å². The summed E-state index contributed by atoms with van der Waals surface area (Å²) < 4.78 is 5.12. The molecule has 1 fully saturated rings. The third-order valence-electron chi connectivity index (χ3n) is 3.48. The summed E-state index contributed by atoms with van der Waals surface area (Å²) in [7, 11) is 0. The highest BCUT2D eigenvalue weighted by Gasteiger charge is 2.13. The van der Waals surface area contributed by atoms with Crippen LogP contribution in [0.1, 0.15) is 24.4 Å². The molecule has 0 bridgehead atoms. The number of carbonyl (C=O) groups excluding carboxylic acids is 1. The van der Waals surface area contributed by atoms with Crippen molar-refractivity contribution in [3.8, 4) is 0 Å². The molecule has 0 aliphatic carbocycles. The zero-order chi connectivity index (χ0) is 15.2. The minimum Gasteiger partial charge on any atom is -0.465 e. The molecular weight excluding hydrogens is 280 g/mol. The molecule has 3 rings (SSSR count). The molecule has 0 radical (unpaired) electrons. The fourth-order valence-electron chi connectivity index (χ4n) is 2.36. The molecule has 0 unspecified atom stereocenters. The minimum atomic E-state index is -0.202. The number of aromatic nitrogens is 2. The first-order valence-corrected chi connectivity index (χ1v) is 7.37. The van der Waals surface area contributed by atoms with Crippen LogP contribution in [0.15, 0.2) is 41.2 Å². The number of carbonyl (C=O) groups is 1. The second-order valence-electron chi connectivity index (χ2n) is 5.09. The average Bonchev–Trinajstić information content (AvgIpc) is 3.24. The molecule has 22 heavy (non-hydrogen) atoms. The van der Waals surface area contributed by atoms with E-state index in [1.54, 1.807) is 30.7 Å². The van der Waals surface area contributed by atoms with Gasteiger partial charge in [-0.3, -0.25) is 4.79 Å². The van der Waals surface area contributed by atoms with E-state index < -0.39 is 0 Å². The van der Waals surface area contributed by atoms with Gasteiger partial charge in [-0.2, -0.15) is 0 Å². The van der Waals surface area contributed by atoms with E-state index in [0.29, 0.717) is 18.1 Å². The standard InChI is InChI=1S/C16H18N4O2/c21-16(6-5-13-4-3-11-22-13)18-12-14-17-8-7-15(19-14)20-9-1-2-10-20/h3-8,11H,1-2,9-10,12H2,(H,18,21). The Balaban J connectivity index is 1.54. The molecule has 2 aromatic heterocycles. The number of nitrogens with zero attached hydrogens (tertiary/aromatic N) is 3. The van der Waals surface area contributed by atoms with Crippen LogP contribution in [0.25, 0.3) is 6.08 Å². The molecule has 0 saturated carbocycles. The van der Waals surface area contributed by atoms with Crippen molar-refractivity contribution in [2.75, 3.05) is 18.0 Å². The van der Waals surface area contributed by atoms with Gasteiger partial charge in [-0.15, -0.1) is 0 Å². The van der Waals surface area contributed by atoms with Crippen LogP contribution in [0.3, 0.4) is 0 Å². The molecule has 0 aromatic carbocycles. The molecule has 114 valence electrons. The normalized spacial score (nSPS) is 14.6. The van der Waals surface area contributed by atoms with Crippen molar-refractivity contribution < 1.29 is 9.21 Å². The zero-order valence-electron chi connectivity index (χ0n) is 12.2. The maximum Gasteiger partial charge on any atom is 0.244 e. The Morgan fingerprint density at radius 3 is 3.00 bits per heavy atom. The van der Waals surface area contributed by atoms with Crippen LogP contribution >= 0.6 is 0 Å². The van der Waals surface area contributed by atoms with Gasteiger partial charge in [0.15, 0.2) is 0 Å². The lowest BCUT2D eigenvalue weighted by molar-refractivity contribution is -0.116. The monoisotopic (exact) mass is 298 g/mol. The highest BCUT2D eigenvalue weighted by molar-refractivity contribution is 5.91. The molecule has 0 spiro atoms. The predicted octanol–water partition coefficient (Wildman–Crippen LogP) is 2.00. The minimum absolute atomic E-state index is 0.202. The van der Waals surface area contributed by atoms with Gasteiger partial charge in [0.05, 0.1) is 12.8 Å². The summed E-state index contributed by atoms with van der Waals surface area (Å²) in [4.78, 5) is 22.7. The van der Waals surface area contributed by atoms with Gasteiger partial charge in [0.2, 0.25) is 5.91 Å². The smallest absolute Gasteiger partial charge is 0.244 e. The van der Waals surface area contributed by atoms with E-state index in [9.17, 15) is 4.79 Å². The first kappa shape index (κ1) is 14.3. The molecule has 1 aliphatic heterocycles. The Kier molecular flexibility index (Phi) is 4.48. The molecule has 6 nitrogen and oxygen atoms in total. The number of hydrogen-bond acceptors (Lipinski definition) is 5. The first-order valence-electron chi connectivity index (χ1n) is 7.37. The fourth-order valence-corrected chi connectivity index (χ4v) is 2.36. The molecule has 1 aliphatic rings. The second-order valence-corrected chi connectivity index (χ2v) is 5.09. The van der Waals surface area contributed by atoms with E-state index in [1.165, 1.54) is 18.9 Å². The Bertz CT molecular complexity index is 646. The van der Waals surface area contributed by atoms with Gasteiger partial charge < -0.3 is 14.6 Å². The maximum absolute atomic E-state index is 11.7. The van der Waals surface area contributed by atoms with Gasteiger partial charge in [-0.1, -0.05) is 0 Å². The van der Waals surface area contributed by atoms with Gasteiger partial charge in [-0.05, 0) is 37.1 Å². The van der Waals surface area contributed by atoms with Gasteiger partial charge in [0, 0.05) is 25.4 Å². The van der Waals surface area contributed by atoms with Crippen LogP contribution in [0.2, 0.25) is 0 Å². The molecule has 1 amide bonds. The average molecular weight is 298 g/mol. The third-order valence-corrected chi connectivity index (χ3v) is 3.48. The van der Waals surface area contributed by atoms with Crippen molar-refractivity contribution in [2.24, 2.45) is 0 Å². The number of anilines is 1. The van der Waals surface area contributed by atoms with Crippen LogP contribution in [0.5, 0.6) is 0 Å². The Morgan fingerprint density at radius 1 is 1.36 bits per heavy atom. The van der Waals surface area contributed by atoms with E-state index in [-0.39, 0.29) is 5.91 Å². The van der Waals surface area contributed by atoms with Crippen LogP contribution in [0, 0.1) is 0 Å². The summed E-state index contributed by atoms with van der Waals surface area (Å²) in [6.07, 6.45) is 8.76. The third kappa shape index (κ3) is 3.72. The summed E-state index contributed by atoms with van der Waals surface area (Å²) in [5.74, 6) is 1.99. The van der Waals surface area contributed by atoms with Crippen LogP contribution in [0.4, 0.5) is 5.82 Å². The van der Waals surface area contributed by atoms with E-state index in [1.807, 2.05) is 6.07 Å². The zero-order valence-corrected chi connectivity index (χ0v) is 12.2. The molecule has 0 atom stereocenters. The summed E-state index contributed by atoms with van der Waals surface area (Å²) in [5.41, 5.74) is 0. The van der Waals surface area contributed by atoms with Crippen molar-refractivity contribution in [3.63, 3.8) is 0 Å².